The lowest BCUT2D eigenvalue weighted by Crippen LogP contribution is -2.42. The number of aryl methyl sites for hydroxylation is 1. The minimum absolute atomic E-state index is 0.0158. The predicted octanol–water partition coefficient (Wildman–Crippen LogP) is 1.73. The zero-order chi connectivity index (χ0) is 16.4. The van der Waals surface area contributed by atoms with Crippen LogP contribution in [0.2, 0.25) is 0 Å². The Hall–Kier alpha value is -1.88. The van der Waals surface area contributed by atoms with E-state index in [0.29, 0.717) is 19.4 Å². The Morgan fingerprint density at radius 1 is 1.26 bits per heavy atom. The fourth-order valence-corrected chi connectivity index (χ4v) is 3.61. The molecule has 5 heteroatoms. The summed E-state index contributed by atoms with van der Waals surface area (Å²) >= 11 is 0. The van der Waals surface area contributed by atoms with Crippen molar-refractivity contribution in [3.63, 3.8) is 0 Å². The molecule has 0 spiro atoms. The molecule has 1 unspecified atom stereocenters. The molecular formula is C18H25N3O2. The Balaban J connectivity index is 1.56. The van der Waals surface area contributed by atoms with Gasteiger partial charge in [-0.3, -0.25) is 9.59 Å². The number of rotatable bonds is 4. The minimum Gasteiger partial charge on any atom is -0.344 e. The molecule has 3 rings (SSSR count). The third-order valence-electron chi connectivity index (χ3n) is 5.05. The van der Waals surface area contributed by atoms with Crippen LogP contribution in [-0.2, 0) is 9.59 Å². The molecule has 2 amide bonds. The number of carbonyl (C=O) groups is 2. The van der Waals surface area contributed by atoms with Crippen LogP contribution in [0.15, 0.2) is 24.3 Å². The Bertz CT molecular complexity index is 584. The maximum Gasteiger partial charge on any atom is 0.249 e. The van der Waals surface area contributed by atoms with E-state index in [4.69, 9.17) is 5.73 Å². The van der Waals surface area contributed by atoms with Gasteiger partial charge in [-0.15, -0.1) is 0 Å². The molecule has 5 nitrogen and oxygen atoms in total. The Labute approximate surface area is 137 Å². The van der Waals surface area contributed by atoms with Crippen LogP contribution in [0.3, 0.4) is 0 Å². The summed E-state index contributed by atoms with van der Waals surface area (Å²) in [5.41, 5.74) is 8.08. The Morgan fingerprint density at radius 3 is 2.65 bits per heavy atom. The van der Waals surface area contributed by atoms with Crippen LogP contribution >= 0.6 is 0 Å². The second-order valence-electron chi connectivity index (χ2n) is 6.79. The van der Waals surface area contributed by atoms with Gasteiger partial charge in [-0.1, -0.05) is 24.1 Å². The van der Waals surface area contributed by atoms with Crippen molar-refractivity contribution in [3.8, 4) is 0 Å². The molecule has 124 valence electrons. The maximum absolute atomic E-state index is 12.5. The third kappa shape index (κ3) is 3.55. The molecule has 1 aliphatic carbocycles. The summed E-state index contributed by atoms with van der Waals surface area (Å²) in [5, 5.41) is 2.90. The van der Waals surface area contributed by atoms with Crippen LogP contribution in [-0.4, -0.2) is 30.4 Å². The van der Waals surface area contributed by atoms with E-state index >= 15 is 0 Å². The number of nitrogens with one attached hydrogen (secondary N) is 1. The normalized spacial score (nSPS) is 27.5. The van der Waals surface area contributed by atoms with Crippen molar-refractivity contribution < 1.29 is 9.59 Å². The van der Waals surface area contributed by atoms with Gasteiger partial charge < -0.3 is 16.0 Å². The third-order valence-corrected chi connectivity index (χ3v) is 5.05. The first kappa shape index (κ1) is 16.0. The van der Waals surface area contributed by atoms with Crippen molar-refractivity contribution in [1.82, 2.24) is 5.32 Å². The summed E-state index contributed by atoms with van der Waals surface area (Å²) in [6.45, 7) is 2.67. The quantitative estimate of drug-likeness (QED) is 0.888. The highest BCUT2D eigenvalue weighted by atomic mass is 16.2. The second kappa shape index (κ2) is 6.71. The van der Waals surface area contributed by atoms with Gasteiger partial charge in [0.05, 0.1) is 0 Å². The zero-order valence-electron chi connectivity index (χ0n) is 13.6. The first-order valence-corrected chi connectivity index (χ1v) is 8.47. The Kier molecular flexibility index (Phi) is 4.66. The predicted molar refractivity (Wildman–Crippen MR) is 90.0 cm³/mol. The number of nitrogens with two attached hydrogens (primary N) is 1. The van der Waals surface area contributed by atoms with E-state index in [2.05, 4.69) is 5.32 Å². The summed E-state index contributed by atoms with van der Waals surface area (Å²) in [6, 6.07) is 7.63. The van der Waals surface area contributed by atoms with Crippen molar-refractivity contribution in [2.45, 2.75) is 51.1 Å². The van der Waals surface area contributed by atoms with Gasteiger partial charge in [0, 0.05) is 24.7 Å². The highest BCUT2D eigenvalue weighted by molar-refractivity contribution is 6.01. The summed E-state index contributed by atoms with van der Waals surface area (Å²) in [6.07, 6.45) is 4.22. The van der Waals surface area contributed by atoms with Crippen LogP contribution in [0.5, 0.6) is 0 Å². The number of anilines is 1. The van der Waals surface area contributed by atoms with Crippen LogP contribution in [0.4, 0.5) is 5.69 Å². The van der Waals surface area contributed by atoms with Crippen molar-refractivity contribution in [2.75, 3.05) is 11.4 Å². The maximum atomic E-state index is 12.5. The first-order valence-electron chi connectivity index (χ1n) is 8.47. The van der Waals surface area contributed by atoms with Crippen LogP contribution < -0.4 is 16.0 Å². The van der Waals surface area contributed by atoms with E-state index in [1.54, 1.807) is 4.90 Å². The molecule has 1 aliphatic heterocycles. The van der Waals surface area contributed by atoms with Gasteiger partial charge >= 0.3 is 0 Å². The van der Waals surface area contributed by atoms with E-state index in [-0.39, 0.29) is 23.8 Å². The van der Waals surface area contributed by atoms with E-state index in [1.165, 1.54) is 0 Å². The average molecular weight is 315 g/mol. The van der Waals surface area contributed by atoms with Crippen LogP contribution in [0.1, 0.15) is 37.7 Å². The van der Waals surface area contributed by atoms with Gasteiger partial charge in [0.1, 0.15) is 6.04 Å². The molecule has 1 aromatic rings. The van der Waals surface area contributed by atoms with Gasteiger partial charge in [-0.25, -0.2) is 0 Å². The first-order chi connectivity index (χ1) is 11.0. The zero-order valence-corrected chi connectivity index (χ0v) is 13.6. The number of hydrogen-bond acceptors (Lipinski definition) is 3. The molecule has 2 fully saturated rings. The summed E-state index contributed by atoms with van der Waals surface area (Å²) in [7, 11) is 0. The minimum atomic E-state index is -0.401. The largest absolute Gasteiger partial charge is 0.344 e. The SMILES string of the molecule is Cc1ccc(N2CCC(NC(=O)C[C@@H]3CCC[C@H]3N)C2=O)cc1. The van der Waals surface area contributed by atoms with Crippen molar-refractivity contribution in [1.29, 1.82) is 0 Å². The van der Waals surface area contributed by atoms with Crippen molar-refractivity contribution in [3.05, 3.63) is 29.8 Å². The van der Waals surface area contributed by atoms with Gasteiger partial charge in [0.25, 0.3) is 0 Å². The second-order valence-corrected chi connectivity index (χ2v) is 6.79. The number of nitrogens with zero attached hydrogens (tertiary/aromatic N) is 1. The van der Waals surface area contributed by atoms with E-state index in [0.717, 1.165) is 30.5 Å². The topological polar surface area (TPSA) is 75.4 Å². The van der Waals surface area contributed by atoms with Crippen molar-refractivity contribution >= 4 is 17.5 Å². The number of carbonyl (C=O) groups excluding carboxylic acids is 2. The summed E-state index contributed by atoms with van der Waals surface area (Å²) in [5.74, 6) is 0.203. The smallest absolute Gasteiger partial charge is 0.249 e. The number of amides is 2. The molecule has 3 atom stereocenters. The summed E-state index contributed by atoms with van der Waals surface area (Å²) < 4.78 is 0. The van der Waals surface area contributed by atoms with Crippen molar-refractivity contribution in [2.24, 2.45) is 11.7 Å². The number of hydrogen-bond donors (Lipinski definition) is 2. The fourth-order valence-electron chi connectivity index (χ4n) is 3.61. The molecule has 0 aromatic heterocycles. The highest BCUT2D eigenvalue weighted by Gasteiger charge is 2.34. The fraction of sp³-hybridized carbons (Fsp3) is 0.556. The number of benzene rings is 1. The molecule has 1 saturated heterocycles. The van der Waals surface area contributed by atoms with Crippen LogP contribution in [0, 0.1) is 12.8 Å². The highest BCUT2D eigenvalue weighted by Crippen LogP contribution is 2.27. The van der Waals surface area contributed by atoms with Gasteiger partial charge in [0.2, 0.25) is 11.8 Å². The lowest BCUT2D eigenvalue weighted by molar-refractivity contribution is -0.127. The molecule has 23 heavy (non-hydrogen) atoms. The summed E-state index contributed by atoms with van der Waals surface area (Å²) in [4.78, 5) is 26.5. The lowest BCUT2D eigenvalue weighted by atomic mass is 9.99. The monoisotopic (exact) mass is 315 g/mol. The van der Waals surface area contributed by atoms with Gasteiger partial charge in [-0.05, 0) is 44.2 Å². The van der Waals surface area contributed by atoms with E-state index in [1.807, 2.05) is 31.2 Å². The average Bonchev–Trinajstić information content (AvgIpc) is 3.08. The van der Waals surface area contributed by atoms with E-state index < -0.39 is 6.04 Å². The van der Waals surface area contributed by atoms with Gasteiger partial charge in [0.15, 0.2) is 0 Å². The molecule has 1 aromatic carbocycles. The molecule has 2 aliphatic rings. The lowest BCUT2D eigenvalue weighted by Gasteiger charge is -2.19. The molecule has 3 N–H and O–H groups in total. The molecular weight excluding hydrogens is 290 g/mol. The van der Waals surface area contributed by atoms with E-state index in [9.17, 15) is 9.59 Å². The molecule has 0 radical (unpaired) electrons. The molecule has 1 heterocycles. The molecule has 1 saturated carbocycles. The van der Waals surface area contributed by atoms with Crippen LogP contribution in [0.25, 0.3) is 0 Å². The molecule has 0 bridgehead atoms. The standard InChI is InChI=1S/C18H25N3O2/c1-12-5-7-14(8-6-12)21-10-9-16(18(21)23)20-17(22)11-13-3-2-4-15(13)19/h5-8,13,15-16H,2-4,9-11,19H2,1H3,(H,20,22)/t13-,15+,16?/m0/s1. The van der Waals surface area contributed by atoms with Gasteiger partial charge in [-0.2, -0.15) is 0 Å². The Morgan fingerprint density at radius 2 is 2.00 bits per heavy atom.